The Balaban J connectivity index is 2.04. The summed E-state index contributed by atoms with van der Waals surface area (Å²) in [5, 5.41) is 10.3. The summed E-state index contributed by atoms with van der Waals surface area (Å²) >= 11 is 1.74. The summed E-state index contributed by atoms with van der Waals surface area (Å²) in [4.78, 5) is 12.7. The van der Waals surface area contributed by atoms with E-state index in [0.29, 0.717) is 12.8 Å². The Morgan fingerprint density at radius 3 is 2.56 bits per heavy atom. The number of Topliss-reactive ketones (excluding diaryl/α,β-unsaturated/α-hetero) is 1. The van der Waals surface area contributed by atoms with E-state index in [1.807, 2.05) is 25.1 Å². The molecule has 2 rings (SSSR count). The maximum Gasteiger partial charge on any atom is 0.135 e. The van der Waals surface area contributed by atoms with Gasteiger partial charge in [0.05, 0.1) is 6.10 Å². The third-order valence-electron chi connectivity index (χ3n) is 3.69. The molecule has 1 aromatic rings. The Morgan fingerprint density at radius 1 is 1.39 bits per heavy atom. The van der Waals surface area contributed by atoms with E-state index in [1.165, 1.54) is 4.90 Å². The Kier molecular flexibility index (Phi) is 4.46. The van der Waals surface area contributed by atoms with E-state index in [2.05, 4.69) is 12.1 Å². The molecule has 0 aliphatic heterocycles. The molecule has 98 valence electrons. The molecule has 18 heavy (non-hydrogen) atoms. The minimum Gasteiger partial charge on any atom is -0.391 e. The summed E-state index contributed by atoms with van der Waals surface area (Å²) in [7, 11) is 0. The molecule has 1 aliphatic carbocycles. The fourth-order valence-corrected chi connectivity index (χ4v) is 3.77. The average Bonchev–Trinajstić information content (AvgIpc) is 2.34. The van der Waals surface area contributed by atoms with E-state index in [-0.39, 0.29) is 10.5 Å². The van der Waals surface area contributed by atoms with Crippen LogP contribution < -0.4 is 0 Å². The van der Waals surface area contributed by atoms with Crippen LogP contribution in [0.25, 0.3) is 0 Å². The van der Waals surface area contributed by atoms with Gasteiger partial charge in [-0.25, -0.2) is 0 Å². The molecule has 2 nitrogen and oxygen atoms in total. The van der Waals surface area contributed by atoms with Crippen LogP contribution in [-0.4, -0.2) is 21.7 Å². The minimum absolute atomic E-state index is 0.133. The van der Waals surface area contributed by atoms with E-state index in [1.54, 1.807) is 11.8 Å². The van der Waals surface area contributed by atoms with Crippen molar-refractivity contribution >= 4 is 17.5 Å². The molecule has 1 fully saturated rings. The summed E-state index contributed by atoms with van der Waals surface area (Å²) < 4.78 is -0.133. The van der Waals surface area contributed by atoms with Crippen LogP contribution in [0.5, 0.6) is 0 Å². The average molecular weight is 264 g/mol. The van der Waals surface area contributed by atoms with Crippen molar-refractivity contribution in [3.63, 3.8) is 0 Å². The number of carbonyl (C=O) groups excluding carboxylic acids is 1. The summed E-state index contributed by atoms with van der Waals surface area (Å²) in [6, 6.07) is 10.2. The molecule has 1 saturated carbocycles. The zero-order valence-electron chi connectivity index (χ0n) is 10.8. The first-order valence-electron chi connectivity index (χ1n) is 6.60. The highest BCUT2D eigenvalue weighted by Crippen LogP contribution is 2.50. The lowest BCUT2D eigenvalue weighted by molar-refractivity contribution is -0.121. The van der Waals surface area contributed by atoms with Crippen molar-refractivity contribution in [2.24, 2.45) is 0 Å². The van der Waals surface area contributed by atoms with Crippen LogP contribution in [-0.2, 0) is 4.79 Å². The van der Waals surface area contributed by atoms with Crippen molar-refractivity contribution in [2.45, 2.75) is 54.8 Å². The van der Waals surface area contributed by atoms with Gasteiger partial charge in [0.2, 0.25) is 0 Å². The fraction of sp³-hybridized carbons (Fsp3) is 0.533. The number of thioether (sulfide) groups is 1. The van der Waals surface area contributed by atoms with Crippen LogP contribution in [0.3, 0.4) is 0 Å². The Hall–Kier alpha value is -0.800. The molecular weight excluding hydrogens is 244 g/mol. The lowest BCUT2D eigenvalue weighted by Gasteiger charge is -2.44. The molecule has 0 heterocycles. The molecule has 0 unspecified atom stereocenters. The van der Waals surface area contributed by atoms with E-state index in [0.717, 1.165) is 19.3 Å². The number of aliphatic hydroxyl groups is 1. The monoisotopic (exact) mass is 264 g/mol. The Bertz CT molecular complexity index is 398. The van der Waals surface area contributed by atoms with Crippen LogP contribution in [0.1, 0.15) is 39.0 Å². The number of hydrogen-bond donors (Lipinski definition) is 1. The molecule has 1 N–H and O–H groups in total. The number of hydrogen-bond acceptors (Lipinski definition) is 3. The van der Waals surface area contributed by atoms with Crippen molar-refractivity contribution in [3.8, 4) is 0 Å². The summed E-state index contributed by atoms with van der Waals surface area (Å²) in [6.45, 7) is 1.85. The number of rotatable bonds is 6. The quantitative estimate of drug-likeness (QED) is 0.855. The van der Waals surface area contributed by atoms with Crippen LogP contribution in [0, 0.1) is 0 Å². The number of ketones is 1. The molecule has 0 spiro atoms. The Morgan fingerprint density at radius 2 is 2.06 bits per heavy atom. The first-order valence-corrected chi connectivity index (χ1v) is 7.42. The van der Waals surface area contributed by atoms with Gasteiger partial charge < -0.3 is 5.11 Å². The maximum atomic E-state index is 11.5. The predicted molar refractivity (Wildman–Crippen MR) is 74.8 cm³/mol. The molecule has 0 saturated heterocycles. The molecule has 3 heteroatoms. The van der Waals surface area contributed by atoms with Gasteiger partial charge in [-0.2, -0.15) is 0 Å². The SMILES string of the molecule is CCC(=O)C[C@@H](O)C1(Sc2ccccc2)CCC1. The zero-order valence-corrected chi connectivity index (χ0v) is 11.6. The second-order valence-electron chi connectivity index (χ2n) is 4.95. The van der Waals surface area contributed by atoms with E-state index < -0.39 is 6.10 Å². The highest BCUT2D eigenvalue weighted by molar-refractivity contribution is 8.00. The third-order valence-corrected chi connectivity index (χ3v) is 5.28. The molecular formula is C15H20O2S. The number of aliphatic hydroxyl groups excluding tert-OH is 1. The fourth-order valence-electron chi connectivity index (χ4n) is 2.30. The standard InChI is InChI=1S/C15H20O2S/c1-2-12(16)11-14(17)15(9-6-10-15)18-13-7-4-3-5-8-13/h3-5,7-8,14,17H,2,6,9-11H2,1H3/t14-/m1/s1. The van der Waals surface area contributed by atoms with Gasteiger partial charge in [0.15, 0.2) is 0 Å². The van der Waals surface area contributed by atoms with Crippen molar-refractivity contribution in [1.29, 1.82) is 0 Å². The molecule has 0 radical (unpaired) electrons. The summed E-state index contributed by atoms with van der Waals surface area (Å²) in [5.41, 5.74) is 0. The van der Waals surface area contributed by atoms with Crippen molar-refractivity contribution in [2.75, 3.05) is 0 Å². The van der Waals surface area contributed by atoms with E-state index in [4.69, 9.17) is 0 Å². The molecule has 1 aromatic carbocycles. The van der Waals surface area contributed by atoms with Crippen LogP contribution in [0.4, 0.5) is 0 Å². The number of carbonyl (C=O) groups is 1. The Labute approximate surface area is 113 Å². The molecule has 0 aromatic heterocycles. The molecule has 1 aliphatic rings. The van der Waals surface area contributed by atoms with Crippen LogP contribution >= 0.6 is 11.8 Å². The van der Waals surface area contributed by atoms with Gasteiger partial charge >= 0.3 is 0 Å². The smallest absolute Gasteiger partial charge is 0.135 e. The normalized spacial score (nSPS) is 19.0. The van der Waals surface area contributed by atoms with Gasteiger partial charge in [-0.15, -0.1) is 11.8 Å². The largest absolute Gasteiger partial charge is 0.391 e. The second-order valence-corrected chi connectivity index (χ2v) is 6.43. The van der Waals surface area contributed by atoms with Crippen molar-refractivity contribution in [1.82, 2.24) is 0 Å². The maximum absolute atomic E-state index is 11.5. The predicted octanol–water partition coefficient (Wildman–Crippen LogP) is 3.43. The summed E-state index contributed by atoms with van der Waals surface area (Å²) in [5.74, 6) is 0.155. The van der Waals surface area contributed by atoms with Gasteiger partial charge in [-0.3, -0.25) is 4.79 Å². The molecule has 1 atom stereocenters. The second kappa shape index (κ2) is 5.89. The summed E-state index contributed by atoms with van der Waals surface area (Å²) in [6.07, 6.45) is 3.47. The van der Waals surface area contributed by atoms with Gasteiger partial charge in [-0.1, -0.05) is 31.5 Å². The minimum atomic E-state index is -0.510. The topological polar surface area (TPSA) is 37.3 Å². The lowest BCUT2D eigenvalue weighted by atomic mass is 9.78. The van der Waals surface area contributed by atoms with E-state index in [9.17, 15) is 9.90 Å². The molecule has 0 bridgehead atoms. The molecule has 0 amide bonds. The van der Waals surface area contributed by atoms with Crippen LogP contribution in [0.2, 0.25) is 0 Å². The lowest BCUT2D eigenvalue weighted by Crippen LogP contribution is -2.46. The van der Waals surface area contributed by atoms with Crippen molar-refractivity contribution < 1.29 is 9.90 Å². The van der Waals surface area contributed by atoms with Crippen LogP contribution in [0.15, 0.2) is 35.2 Å². The first kappa shape index (κ1) is 13.6. The van der Waals surface area contributed by atoms with Gasteiger partial charge in [0.1, 0.15) is 5.78 Å². The van der Waals surface area contributed by atoms with Gasteiger partial charge in [0, 0.05) is 22.5 Å². The van der Waals surface area contributed by atoms with Gasteiger partial charge in [-0.05, 0) is 25.0 Å². The van der Waals surface area contributed by atoms with Gasteiger partial charge in [0.25, 0.3) is 0 Å². The first-order chi connectivity index (χ1) is 8.66. The third kappa shape index (κ3) is 2.96. The number of benzene rings is 1. The van der Waals surface area contributed by atoms with E-state index >= 15 is 0 Å². The zero-order chi connectivity index (χ0) is 13.0. The van der Waals surface area contributed by atoms with Crippen molar-refractivity contribution in [3.05, 3.63) is 30.3 Å². The highest BCUT2D eigenvalue weighted by Gasteiger charge is 2.44. The highest BCUT2D eigenvalue weighted by atomic mass is 32.2.